The molecule has 0 radical (unpaired) electrons. The molecule has 1 amide bonds. The average molecular weight is 504 g/mol. The largest absolute Gasteiger partial charge is 0.508 e. The number of aromatic amines is 1. The van der Waals surface area contributed by atoms with Crippen molar-refractivity contribution in [3.8, 4) is 5.75 Å². The number of hydrogen-bond donors (Lipinski definition) is 3. The summed E-state index contributed by atoms with van der Waals surface area (Å²) < 4.78 is 26.8. The first-order chi connectivity index (χ1) is 17.2. The molecule has 36 heavy (non-hydrogen) atoms. The molecule has 3 aromatic carbocycles. The molecule has 0 spiro atoms. The zero-order valence-electron chi connectivity index (χ0n) is 19.8. The second-order valence-corrected chi connectivity index (χ2v) is 10.8. The van der Waals surface area contributed by atoms with Crippen molar-refractivity contribution in [2.24, 2.45) is 7.05 Å². The number of phenolic OH excluding ortho intramolecular Hbond substituents is 1. The minimum Gasteiger partial charge on any atom is -0.508 e. The molecule has 5 aromatic rings. The van der Waals surface area contributed by atoms with Crippen molar-refractivity contribution < 1.29 is 18.3 Å². The van der Waals surface area contributed by atoms with E-state index in [-0.39, 0.29) is 34.8 Å². The number of benzene rings is 3. The van der Waals surface area contributed by atoms with E-state index in [1.54, 1.807) is 66.7 Å². The van der Waals surface area contributed by atoms with Crippen LogP contribution in [0.5, 0.6) is 5.75 Å². The van der Waals surface area contributed by atoms with Crippen molar-refractivity contribution in [3.05, 3.63) is 83.9 Å². The topological polar surface area (TPSA) is 130 Å². The molecule has 10 heteroatoms. The summed E-state index contributed by atoms with van der Waals surface area (Å²) in [6, 6.07) is 18.4. The van der Waals surface area contributed by atoms with E-state index in [0.717, 1.165) is 22.4 Å². The van der Waals surface area contributed by atoms with E-state index in [9.17, 15) is 18.3 Å². The highest BCUT2D eigenvalue weighted by Crippen LogP contribution is 2.28. The normalized spacial score (nSPS) is 12.7. The number of nitrogens with one attached hydrogen (secondary N) is 2. The van der Waals surface area contributed by atoms with Crippen molar-refractivity contribution in [3.63, 3.8) is 0 Å². The highest BCUT2D eigenvalue weighted by molar-refractivity contribution is 7.91. The molecular formula is C26H25N5O4S. The highest BCUT2D eigenvalue weighted by atomic mass is 32.2. The number of phenols is 1. The number of carbonyl (C=O) groups is 1. The Hall–Kier alpha value is -4.18. The lowest BCUT2D eigenvalue weighted by Crippen LogP contribution is -2.29. The van der Waals surface area contributed by atoms with Crippen molar-refractivity contribution >= 4 is 37.8 Å². The molecule has 0 saturated heterocycles. The summed E-state index contributed by atoms with van der Waals surface area (Å²) in [7, 11) is -1.60. The molecule has 0 aliphatic heterocycles. The van der Waals surface area contributed by atoms with Crippen LogP contribution < -0.4 is 5.32 Å². The molecule has 2 aromatic heterocycles. The second-order valence-electron chi connectivity index (χ2n) is 8.67. The second kappa shape index (κ2) is 9.12. The number of amides is 1. The SMILES string of the molecule is CC(c1nc2cc(O)ccc2[nH]1)c1nc2ccc(C(=O)NCCS(=O)(=O)c3ccccc3)cc2n1C. The van der Waals surface area contributed by atoms with Crippen LogP contribution >= 0.6 is 0 Å². The van der Waals surface area contributed by atoms with Crippen LogP contribution in [0, 0.1) is 0 Å². The number of imidazole rings is 2. The number of sulfone groups is 1. The van der Waals surface area contributed by atoms with Gasteiger partial charge in [-0.2, -0.15) is 0 Å². The van der Waals surface area contributed by atoms with E-state index >= 15 is 0 Å². The third-order valence-corrected chi connectivity index (χ3v) is 7.95. The maximum Gasteiger partial charge on any atom is 0.251 e. The molecule has 1 atom stereocenters. The Morgan fingerprint density at radius 1 is 1.06 bits per heavy atom. The summed E-state index contributed by atoms with van der Waals surface area (Å²) in [5.41, 5.74) is 3.41. The van der Waals surface area contributed by atoms with Gasteiger partial charge >= 0.3 is 0 Å². The highest BCUT2D eigenvalue weighted by Gasteiger charge is 2.21. The maximum absolute atomic E-state index is 12.7. The van der Waals surface area contributed by atoms with Crippen LogP contribution in [0.25, 0.3) is 22.1 Å². The van der Waals surface area contributed by atoms with Crippen molar-refractivity contribution in [1.29, 1.82) is 0 Å². The van der Waals surface area contributed by atoms with Crippen LogP contribution in [-0.2, 0) is 16.9 Å². The Kier molecular flexibility index (Phi) is 5.97. The molecule has 3 N–H and O–H groups in total. The summed E-state index contributed by atoms with van der Waals surface area (Å²) in [5, 5.41) is 12.4. The molecule has 0 aliphatic carbocycles. The van der Waals surface area contributed by atoms with Crippen molar-refractivity contribution in [1.82, 2.24) is 24.8 Å². The molecule has 0 fully saturated rings. The zero-order chi connectivity index (χ0) is 25.4. The smallest absolute Gasteiger partial charge is 0.251 e. The number of aryl methyl sites for hydroxylation is 1. The van der Waals surface area contributed by atoms with E-state index in [1.807, 2.05) is 18.5 Å². The molecular weight excluding hydrogens is 478 g/mol. The number of carbonyl (C=O) groups excluding carboxylic acids is 1. The number of rotatable bonds is 7. The molecule has 2 heterocycles. The minimum absolute atomic E-state index is 0.00335. The van der Waals surface area contributed by atoms with Crippen LogP contribution in [0.4, 0.5) is 0 Å². The summed E-state index contributed by atoms with van der Waals surface area (Å²) in [4.78, 5) is 25.6. The Balaban J connectivity index is 1.33. The van der Waals surface area contributed by atoms with Gasteiger partial charge in [0.2, 0.25) is 0 Å². The van der Waals surface area contributed by atoms with Gasteiger partial charge in [-0.25, -0.2) is 18.4 Å². The molecule has 0 bridgehead atoms. The van der Waals surface area contributed by atoms with Crippen molar-refractivity contribution in [2.75, 3.05) is 12.3 Å². The fourth-order valence-electron chi connectivity index (χ4n) is 4.22. The van der Waals surface area contributed by atoms with Gasteiger partial charge in [0.1, 0.15) is 17.4 Å². The number of aromatic hydroxyl groups is 1. The Labute approximate surface area is 207 Å². The number of fused-ring (bicyclic) bond motifs is 2. The quantitative estimate of drug-likeness (QED) is 0.312. The molecule has 0 aliphatic rings. The third kappa shape index (κ3) is 4.42. The Morgan fingerprint density at radius 3 is 2.61 bits per heavy atom. The number of nitrogens with zero attached hydrogens (tertiary/aromatic N) is 3. The number of hydrogen-bond acceptors (Lipinski definition) is 6. The van der Waals surface area contributed by atoms with E-state index in [1.165, 1.54) is 0 Å². The van der Waals surface area contributed by atoms with Gasteiger partial charge in [-0.1, -0.05) is 18.2 Å². The van der Waals surface area contributed by atoms with Crippen LogP contribution in [0.1, 0.15) is 34.8 Å². The number of H-pyrrole nitrogens is 1. The molecule has 9 nitrogen and oxygen atoms in total. The molecule has 5 rings (SSSR count). The van der Waals surface area contributed by atoms with Gasteiger partial charge in [0, 0.05) is 25.2 Å². The van der Waals surface area contributed by atoms with Gasteiger partial charge in [0.25, 0.3) is 5.91 Å². The monoisotopic (exact) mass is 503 g/mol. The Morgan fingerprint density at radius 2 is 1.83 bits per heavy atom. The van der Waals surface area contributed by atoms with Crippen LogP contribution in [0.2, 0.25) is 0 Å². The minimum atomic E-state index is -3.48. The van der Waals surface area contributed by atoms with Gasteiger partial charge in [0.15, 0.2) is 9.84 Å². The van der Waals surface area contributed by atoms with Gasteiger partial charge in [-0.05, 0) is 49.4 Å². The fraction of sp³-hybridized carbons (Fsp3) is 0.192. The number of aromatic nitrogens is 4. The first-order valence-corrected chi connectivity index (χ1v) is 13.1. The Bertz CT molecular complexity index is 1690. The van der Waals surface area contributed by atoms with Crippen LogP contribution in [-0.4, -0.2) is 51.2 Å². The first kappa shape index (κ1) is 23.6. The first-order valence-electron chi connectivity index (χ1n) is 11.4. The predicted octanol–water partition coefficient (Wildman–Crippen LogP) is 3.51. The average Bonchev–Trinajstić information content (AvgIpc) is 3.44. The fourth-order valence-corrected chi connectivity index (χ4v) is 5.40. The maximum atomic E-state index is 12.7. The zero-order valence-corrected chi connectivity index (χ0v) is 20.6. The lowest BCUT2D eigenvalue weighted by atomic mass is 10.1. The van der Waals surface area contributed by atoms with E-state index in [0.29, 0.717) is 16.9 Å². The van der Waals surface area contributed by atoms with Crippen molar-refractivity contribution in [2.45, 2.75) is 17.7 Å². The van der Waals surface area contributed by atoms with E-state index in [2.05, 4.69) is 15.3 Å². The molecule has 1 unspecified atom stereocenters. The summed E-state index contributed by atoms with van der Waals surface area (Å²) in [6.45, 7) is 1.99. The van der Waals surface area contributed by atoms with E-state index < -0.39 is 9.84 Å². The van der Waals surface area contributed by atoms with Gasteiger partial charge in [0.05, 0.1) is 38.6 Å². The standard InChI is InChI=1S/C26H25N5O4S/c1-16(24-28-20-11-9-18(32)15-22(20)29-24)25-30-21-10-8-17(14-23(21)31(25)2)26(33)27-12-13-36(34,35)19-6-4-3-5-7-19/h3-11,14-16,32H,12-13H2,1-2H3,(H,27,33)(H,28,29). The lowest BCUT2D eigenvalue weighted by molar-refractivity contribution is 0.0956. The molecule has 184 valence electrons. The van der Waals surface area contributed by atoms with Crippen LogP contribution in [0.15, 0.2) is 71.6 Å². The summed E-state index contributed by atoms with van der Waals surface area (Å²) in [5.74, 6) is 0.921. The van der Waals surface area contributed by atoms with Gasteiger partial charge in [-0.3, -0.25) is 4.79 Å². The molecule has 0 saturated carbocycles. The van der Waals surface area contributed by atoms with Crippen LogP contribution in [0.3, 0.4) is 0 Å². The summed E-state index contributed by atoms with van der Waals surface area (Å²) >= 11 is 0. The predicted molar refractivity (Wildman–Crippen MR) is 137 cm³/mol. The van der Waals surface area contributed by atoms with Gasteiger partial charge in [-0.15, -0.1) is 0 Å². The van der Waals surface area contributed by atoms with E-state index in [4.69, 9.17) is 4.98 Å². The lowest BCUT2D eigenvalue weighted by Gasteiger charge is -2.09. The summed E-state index contributed by atoms with van der Waals surface area (Å²) in [6.07, 6.45) is 0. The van der Waals surface area contributed by atoms with Gasteiger partial charge < -0.3 is 20.0 Å². The third-order valence-electron chi connectivity index (χ3n) is 6.22.